The second kappa shape index (κ2) is 7.42. The summed E-state index contributed by atoms with van der Waals surface area (Å²) in [6.45, 7) is 11.8. The number of aromatic amines is 1. The topological polar surface area (TPSA) is 79.3 Å². The Morgan fingerprint density at radius 1 is 1.43 bits per heavy atom. The van der Waals surface area contributed by atoms with Crippen molar-refractivity contribution < 1.29 is 4.74 Å². The number of allylic oxidation sites excluding steroid dienone is 1. The molecule has 1 aliphatic rings. The Morgan fingerprint density at radius 3 is 3.00 bits per heavy atom. The summed E-state index contributed by atoms with van der Waals surface area (Å²) in [4.78, 5) is 23.6. The lowest BCUT2D eigenvalue weighted by Crippen LogP contribution is -2.21. The minimum absolute atomic E-state index is 0.275. The van der Waals surface area contributed by atoms with Crippen molar-refractivity contribution in [1.29, 1.82) is 0 Å². The van der Waals surface area contributed by atoms with Gasteiger partial charge in [0.15, 0.2) is 0 Å². The van der Waals surface area contributed by atoms with Crippen molar-refractivity contribution in [2.75, 3.05) is 18.0 Å². The number of hydrogen-bond acceptors (Lipinski definition) is 6. The van der Waals surface area contributed by atoms with E-state index in [4.69, 9.17) is 9.72 Å². The molecule has 144 valence electrons. The molecule has 1 fully saturated rings. The maximum absolute atomic E-state index is 5.87. The van der Waals surface area contributed by atoms with Gasteiger partial charge in [-0.2, -0.15) is 9.97 Å². The van der Waals surface area contributed by atoms with E-state index in [0.717, 1.165) is 53.0 Å². The van der Waals surface area contributed by atoms with Crippen LogP contribution in [0.25, 0.3) is 21.9 Å². The van der Waals surface area contributed by atoms with E-state index in [1.165, 1.54) is 0 Å². The Bertz CT molecular complexity index is 1100. The maximum Gasteiger partial charge on any atom is 0.326 e. The number of ether oxygens (including phenoxy) is 1. The van der Waals surface area contributed by atoms with Crippen molar-refractivity contribution in [3.8, 4) is 6.01 Å². The van der Waals surface area contributed by atoms with Gasteiger partial charge in [0.25, 0.3) is 0 Å². The van der Waals surface area contributed by atoms with Gasteiger partial charge in [-0.05, 0) is 38.3 Å². The molecule has 3 aromatic rings. The fourth-order valence-corrected chi connectivity index (χ4v) is 3.59. The first-order chi connectivity index (χ1) is 13.6. The molecule has 7 nitrogen and oxygen atoms in total. The van der Waals surface area contributed by atoms with Crippen molar-refractivity contribution in [3.05, 3.63) is 42.6 Å². The average molecular weight is 376 g/mol. The number of aromatic nitrogens is 4. The first kappa shape index (κ1) is 18.2. The lowest BCUT2D eigenvalue weighted by atomic mass is 10.2. The maximum atomic E-state index is 5.87. The third-order valence-corrected chi connectivity index (χ3v) is 5.01. The molecule has 0 radical (unpaired) electrons. The number of anilines is 1. The fourth-order valence-electron chi connectivity index (χ4n) is 3.59. The molecule has 1 unspecified atom stereocenters. The summed E-state index contributed by atoms with van der Waals surface area (Å²) in [5.41, 5.74) is 2.66. The van der Waals surface area contributed by atoms with Crippen molar-refractivity contribution in [1.82, 2.24) is 19.9 Å². The highest BCUT2D eigenvalue weighted by Gasteiger charge is 2.25. The summed E-state index contributed by atoms with van der Waals surface area (Å²) in [5, 5.41) is 2.09. The summed E-state index contributed by atoms with van der Waals surface area (Å²) in [6.07, 6.45) is 7.84. The van der Waals surface area contributed by atoms with Gasteiger partial charge in [-0.1, -0.05) is 13.5 Å². The van der Waals surface area contributed by atoms with E-state index < -0.39 is 0 Å². The van der Waals surface area contributed by atoms with Crippen LogP contribution in [0.2, 0.25) is 0 Å². The zero-order valence-electron chi connectivity index (χ0n) is 16.4. The molecule has 3 aromatic heterocycles. The Labute approximate surface area is 163 Å². The number of aliphatic imine (C=N–C) groups is 1. The summed E-state index contributed by atoms with van der Waals surface area (Å²) in [7, 11) is 0. The molecule has 4 heterocycles. The van der Waals surface area contributed by atoms with E-state index in [1.807, 2.05) is 26.1 Å². The highest BCUT2D eigenvalue weighted by molar-refractivity contribution is 6.11. The number of rotatable bonds is 5. The standard InChI is InChI=1S/C21H24N6O/c1-5-15(11-22-6-2)28-21-25-19-17(16-7-9-23-14(4)18(16)24-19)20(26-21)27-10-8-13(3)12-27/h5-7,9,11,13H,1,8,10,12H2,2-4H3,(H,24,25,26)/b15-11+,22-6?. The molecule has 1 atom stereocenters. The van der Waals surface area contributed by atoms with Gasteiger partial charge in [-0.3, -0.25) is 9.98 Å². The molecule has 0 spiro atoms. The van der Waals surface area contributed by atoms with Gasteiger partial charge in [-0.15, -0.1) is 0 Å². The molecule has 0 saturated carbocycles. The SMILES string of the molecule is C=C/C(=C\N=CC)Oc1nc(N2CCC(C)C2)c2c(n1)[nH]c1c(C)nccc12. The van der Waals surface area contributed by atoms with Crippen LogP contribution in [-0.4, -0.2) is 39.2 Å². The van der Waals surface area contributed by atoms with Crippen LogP contribution in [0.15, 0.2) is 41.9 Å². The third kappa shape index (κ3) is 3.24. The van der Waals surface area contributed by atoms with Crippen LogP contribution in [0.5, 0.6) is 6.01 Å². The highest BCUT2D eigenvalue weighted by atomic mass is 16.5. The van der Waals surface area contributed by atoms with Crippen LogP contribution in [0.3, 0.4) is 0 Å². The van der Waals surface area contributed by atoms with Gasteiger partial charge >= 0.3 is 6.01 Å². The lowest BCUT2D eigenvalue weighted by Gasteiger charge is -2.18. The number of fused-ring (bicyclic) bond motifs is 3. The molecule has 0 bridgehead atoms. The van der Waals surface area contributed by atoms with E-state index in [2.05, 4.69) is 38.3 Å². The van der Waals surface area contributed by atoms with Gasteiger partial charge in [0, 0.05) is 30.9 Å². The molecule has 0 amide bonds. The largest absolute Gasteiger partial charge is 0.423 e. The van der Waals surface area contributed by atoms with E-state index in [0.29, 0.717) is 11.7 Å². The number of H-pyrrole nitrogens is 1. The molecule has 1 aliphatic heterocycles. The predicted octanol–water partition coefficient (Wildman–Crippen LogP) is 4.16. The van der Waals surface area contributed by atoms with Crippen molar-refractivity contribution in [2.24, 2.45) is 10.9 Å². The minimum Gasteiger partial charge on any atom is -0.423 e. The Morgan fingerprint density at radius 2 is 2.29 bits per heavy atom. The van der Waals surface area contributed by atoms with Crippen LogP contribution in [-0.2, 0) is 0 Å². The van der Waals surface area contributed by atoms with E-state index in [1.54, 1.807) is 18.5 Å². The van der Waals surface area contributed by atoms with Crippen LogP contribution < -0.4 is 9.64 Å². The second-order valence-corrected chi connectivity index (χ2v) is 7.08. The van der Waals surface area contributed by atoms with Crippen LogP contribution in [0.4, 0.5) is 5.82 Å². The molecule has 7 heteroatoms. The van der Waals surface area contributed by atoms with Crippen LogP contribution in [0.1, 0.15) is 26.0 Å². The Hall–Kier alpha value is -3.22. The van der Waals surface area contributed by atoms with Crippen LogP contribution >= 0.6 is 0 Å². The summed E-state index contributed by atoms with van der Waals surface area (Å²) < 4.78 is 5.87. The first-order valence-corrected chi connectivity index (χ1v) is 9.49. The number of nitrogens with one attached hydrogen (secondary N) is 1. The number of pyridine rings is 1. The van der Waals surface area contributed by atoms with Crippen molar-refractivity contribution >= 4 is 34.0 Å². The zero-order valence-corrected chi connectivity index (χ0v) is 16.4. The minimum atomic E-state index is 0.275. The summed E-state index contributed by atoms with van der Waals surface area (Å²) in [6, 6.07) is 2.29. The highest BCUT2D eigenvalue weighted by Crippen LogP contribution is 2.36. The van der Waals surface area contributed by atoms with Crippen molar-refractivity contribution in [3.63, 3.8) is 0 Å². The van der Waals surface area contributed by atoms with E-state index in [9.17, 15) is 0 Å². The fraction of sp³-hybridized carbons (Fsp3) is 0.333. The molecule has 1 saturated heterocycles. The molecule has 1 N–H and O–H groups in total. The molecule has 0 aromatic carbocycles. The summed E-state index contributed by atoms with van der Waals surface area (Å²) in [5.74, 6) is 2.02. The van der Waals surface area contributed by atoms with Gasteiger partial charge in [0.05, 0.1) is 22.8 Å². The normalized spacial score (nSPS) is 17.9. The second-order valence-electron chi connectivity index (χ2n) is 7.08. The van der Waals surface area contributed by atoms with Crippen LogP contribution in [0, 0.1) is 12.8 Å². The van der Waals surface area contributed by atoms with Gasteiger partial charge < -0.3 is 14.6 Å². The number of nitrogens with zero attached hydrogens (tertiary/aromatic N) is 5. The quantitative estimate of drug-likeness (QED) is 0.411. The molecular formula is C21H24N6O. The average Bonchev–Trinajstić information content (AvgIpc) is 3.29. The Balaban J connectivity index is 1.90. The van der Waals surface area contributed by atoms with E-state index in [-0.39, 0.29) is 6.01 Å². The molecule has 4 rings (SSSR count). The predicted molar refractivity (Wildman–Crippen MR) is 113 cm³/mol. The monoisotopic (exact) mass is 376 g/mol. The Kier molecular flexibility index (Phi) is 4.81. The van der Waals surface area contributed by atoms with Gasteiger partial charge in [-0.25, -0.2) is 0 Å². The molecular weight excluding hydrogens is 352 g/mol. The summed E-state index contributed by atoms with van der Waals surface area (Å²) >= 11 is 0. The third-order valence-electron chi connectivity index (χ3n) is 5.01. The number of aryl methyl sites for hydroxylation is 1. The smallest absolute Gasteiger partial charge is 0.326 e. The first-order valence-electron chi connectivity index (χ1n) is 9.49. The van der Waals surface area contributed by atoms with Gasteiger partial charge in [0.2, 0.25) is 0 Å². The van der Waals surface area contributed by atoms with E-state index >= 15 is 0 Å². The zero-order chi connectivity index (χ0) is 19.7. The molecule has 28 heavy (non-hydrogen) atoms. The molecule has 0 aliphatic carbocycles. The van der Waals surface area contributed by atoms with Crippen molar-refractivity contribution in [2.45, 2.75) is 27.2 Å². The number of hydrogen-bond donors (Lipinski definition) is 1. The van der Waals surface area contributed by atoms with Gasteiger partial charge in [0.1, 0.15) is 17.2 Å². The lowest BCUT2D eigenvalue weighted by molar-refractivity contribution is 0.408.